The summed E-state index contributed by atoms with van der Waals surface area (Å²) >= 11 is 5.97. The summed E-state index contributed by atoms with van der Waals surface area (Å²) in [4.78, 5) is 29.4. The van der Waals surface area contributed by atoms with Crippen molar-refractivity contribution in [3.8, 4) is 5.75 Å². The van der Waals surface area contributed by atoms with E-state index in [1.807, 2.05) is 48.5 Å². The number of carbonyl (C=O) groups is 2. The molecule has 0 aromatic heterocycles. The summed E-state index contributed by atoms with van der Waals surface area (Å²) in [5, 5.41) is 4.27. The molecule has 0 aliphatic carbocycles. The Morgan fingerprint density at radius 3 is 2.35 bits per heavy atom. The van der Waals surface area contributed by atoms with Gasteiger partial charge in [-0.25, -0.2) is 4.90 Å². The van der Waals surface area contributed by atoms with Gasteiger partial charge in [0.25, 0.3) is 5.91 Å². The number of piperidine rings is 1. The van der Waals surface area contributed by atoms with Gasteiger partial charge in [-0.1, -0.05) is 37.8 Å². The molecule has 2 amide bonds. The number of amides is 2. The van der Waals surface area contributed by atoms with Crippen LogP contribution in [0.25, 0.3) is 0 Å². The standard InChI is InChI=1S/C27H34ClN3O3/c1-2-3-4-5-18-34-24-12-10-23(11-13-24)31-26(32)19-25(27(31)33)30-16-14-22(15-17-30)29-21-8-6-20(28)7-9-21/h6-13,22,25,29H,2-5,14-19H2,1H3/t25-/m1/s1. The summed E-state index contributed by atoms with van der Waals surface area (Å²) in [6.45, 7) is 4.44. The van der Waals surface area contributed by atoms with Gasteiger partial charge in [0.1, 0.15) is 5.75 Å². The quantitative estimate of drug-likeness (QED) is 0.356. The minimum absolute atomic E-state index is 0.123. The number of imide groups is 1. The molecule has 2 fully saturated rings. The first-order valence-corrected chi connectivity index (χ1v) is 12.8. The normalized spacial score (nSPS) is 19.6. The SMILES string of the molecule is CCCCCCOc1ccc(N2C(=O)C[C@@H](N3CCC(Nc4ccc(Cl)cc4)CC3)C2=O)cc1. The predicted molar refractivity (Wildman–Crippen MR) is 137 cm³/mol. The van der Waals surface area contributed by atoms with Crippen LogP contribution in [0.3, 0.4) is 0 Å². The highest BCUT2D eigenvalue weighted by Crippen LogP contribution is 2.29. The number of rotatable bonds is 10. The summed E-state index contributed by atoms with van der Waals surface area (Å²) < 4.78 is 5.79. The molecule has 2 aromatic rings. The number of hydrogen-bond donors (Lipinski definition) is 1. The number of unbranched alkanes of at least 4 members (excludes halogenated alkanes) is 3. The van der Waals surface area contributed by atoms with Gasteiger partial charge in [0.15, 0.2) is 0 Å². The third-order valence-electron chi connectivity index (χ3n) is 6.67. The summed E-state index contributed by atoms with van der Waals surface area (Å²) in [6, 6.07) is 15.0. The van der Waals surface area contributed by atoms with Crippen LogP contribution < -0.4 is 15.0 Å². The first-order chi connectivity index (χ1) is 16.5. The van der Waals surface area contributed by atoms with Crippen LogP contribution >= 0.6 is 11.6 Å². The number of anilines is 2. The van der Waals surface area contributed by atoms with Gasteiger partial charge in [0.05, 0.1) is 24.8 Å². The van der Waals surface area contributed by atoms with Crippen LogP contribution in [0.15, 0.2) is 48.5 Å². The molecule has 34 heavy (non-hydrogen) atoms. The van der Waals surface area contributed by atoms with Gasteiger partial charge in [-0.05, 0) is 67.8 Å². The molecule has 182 valence electrons. The highest BCUT2D eigenvalue weighted by Gasteiger charge is 2.43. The van der Waals surface area contributed by atoms with Gasteiger partial charge in [-0.15, -0.1) is 0 Å². The maximum atomic E-state index is 13.2. The van der Waals surface area contributed by atoms with E-state index in [0.29, 0.717) is 18.3 Å². The Hall–Kier alpha value is -2.57. The minimum Gasteiger partial charge on any atom is -0.494 e. The summed E-state index contributed by atoms with van der Waals surface area (Å²) in [5.74, 6) is 0.512. The van der Waals surface area contributed by atoms with E-state index in [-0.39, 0.29) is 24.3 Å². The molecule has 0 radical (unpaired) electrons. The second-order valence-corrected chi connectivity index (χ2v) is 9.59. The van der Waals surface area contributed by atoms with E-state index in [9.17, 15) is 9.59 Å². The lowest BCUT2D eigenvalue weighted by atomic mass is 10.0. The van der Waals surface area contributed by atoms with E-state index < -0.39 is 0 Å². The Morgan fingerprint density at radius 2 is 1.68 bits per heavy atom. The lowest BCUT2D eigenvalue weighted by Crippen LogP contribution is -2.48. The van der Waals surface area contributed by atoms with Crippen molar-refractivity contribution in [3.05, 3.63) is 53.6 Å². The van der Waals surface area contributed by atoms with Crippen LogP contribution in [0.1, 0.15) is 51.9 Å². The second-order valence-electron chi connectivity index (χ2n) is 9.15. The van der Waals surface area contributed by atoms with Crippen molar-refractivity contribution in [1.82, 2.24) is 4.90 Å². The van der Waals surface area contributed by atoms with Crippen LogP contribution in [0.4, 0.5) is 11.4 Å². The summed E-state index contributed by atoms with van der Waals surface area (Å²) in [7, 11) is 0. The maximum Gasteiger partial charge on any atom is 0.251 e. The number of nitrogens with one attached hydrogen (secondary N) is 1. The number of nitrogens with zero attached hydrogens (tertiary/aromatic N) is 2. The molecular formula is C27H34ClN3O3. The molecule has 2 aliphatic rings. The maximum absolute atomic E-state index is 13.2. The zero-order valence-corrected chi connectivity index (χ0v) is 20.6. The van der Waals surface area contributed by atoms with Crippen LogP contribution in [-0.4, -0.2) is 48.5 Å². The van der Waals surface area contributed by atoms with Crippen molar-refractivity contribution < 1.29 is 14.3 Å². The zero-order valence-electron chi connectivity index (χ0n) is 19.8. The van der Waals surface area contributed by atoms with E-state index >= 15 is 0 Å². The Labute approximate surface area is 207 Å². The fraction of sp³-hybridized carbons (Fsp3) is 0.481. The highest BCUT2D eigenvalue weighted by molar-refractivity contribution is 6.30. The van der Waals surface area contributed by atoms with Gasteiger partial charge in [0.2, 0.25) is 5.91 Å². The van der Waals surface area contributed by atoms with Crippen molar-refractivity contribution in [1.29, 1.82) is 0 Å². The number of likely N-dealkylation sites (tertiary alicyclic amines) is 1. The van der Waals surface area contributed by atoms with Crippen molar-refractivity contribution in [2.45, 2.75) is 64.0 Å². The molecule has 0 unspecified atom stereocenters. The Kier molecular flexibility index (Phi) is 8.46. The van der Waals surface area contributed by atoms with Crippen LogP contribution in [0.2, 0.25) is 5.02 Å². The molecule has 0 spiro atoms. The third-order valence-corrected chi connectivity index (χ3v) is 6.92. The minimum atomic E-state index is -0.376. The average molecular weight is 484 g/mol. The zero-order chi connectivity index (χ0) is 23.9. The van der Waals surface area contributed by atoms with Gasteiger partial charge >= 0.3 is 0 Å². The fourth-order valence-electron chi connectivity index (χ4n) is 4.72. The van der Waals surface area contributed by atoms with Gasteiger partial charge < -0.3 is 10.1 Å². The van der Waals surface area contributed by atoms with Gasteiger partial charge in [-0.2, -0.15) is 0 Å². The number of halogens is 1. The highest BCUT2D eigenvalue weighted by atomic mass is 35.5. The number of hydrogen-bond acceptors (Lipinski definition) is 5. The smallest absolute Gasteiger partial charge is 0.251 e. The lowest BCUT2D eigenvalue weighted by Gasteiger charge is -2.35. The Balaban J connectivity index is 1.28. The molecule has 0 bridgehead atoms. The molecule has 2 aromatic carbocycles. The number of benzene rings is 2. The fourth-order valence-corrected chi connectivity index (χ4v) is 4.85. The number of ether oxygens (including phenoxy) is 1. The van der Waals surface area contributed by atoms with E-state index in [0.717, 1.165) is 48.8 Å². The predicted octanol–water partition coefficient (Wildman–Crippen LogP) is 5.51. The molecule has 1 atom stereocenters. The molecule has 2 saturated heterocycles. The topological polar surface area (TPSA) is 61.9 Å². The van der Waals surface area contributed by atoms with Crippen molar-refractivity contribution >= 4 is 34.8 Å². The Bertz CT molecular complexity index is 956. The third kappa shape index (κ3) is 6.10. The molecule has 1 N–H and O–H groups in total. The number of carbonyl (C=O) groups excluding carboxylic acids is 2. The van der Waals surface area contributed by atoms with Crippen molar-refractivity contribution in [2.75, 3.05) is 29.9 Å². The molecule has 7 heteroatoms. The first kappa shape index (κ1) is 24.6. The van der Waals surface area contributed by atoms with Crippen molar-refractivity contribution in [3.63, 3.8) is 0 Å². The van der Waals surface area contributed by atoms with Crippen LogP contribution in [-0.2, 0) is 9.59 Å². The van der Waals surface area contributed by atoms with E-state index in [1.165, 1.54) is 24.2 Å². The molecule has 4 rings (SSSR count). The first-order valence-electron chi connectivity index (χ1n) is 12.4. The summed E-state index contributed by atoms with van der Waals surface area (Å²) in [5.41, 5.74) is 1.67. The van der Waals surface area contributed by atoms with E-state index in [4.69, 9.17) is 16.3 Å². The monoisotopic (exact) mass is 483 g/mol. The largest absolute Gasteiger partial charge is 0.494 e. The molecule has 2 aliphatic heterocycles. The van der Waals surface area contributed by atoms with Crippen LogP contribution in [0, 0.1) is 0 Å². The second kappa shape index (κ2) is 11.7. The average Bonchev–Trinajstić information content (AvgIpc) is 3.15. The van der Waals surface area contributed by atoms with Gasteiger partial charge in [0, 0.05) is 29.8 Å². The molecule has 6 nitrogen and oxygen atoms in total. The molecule has 0 saturated carbocycles. The molecule has 2 heterocycles. The Morgan fingerprint density at radius 1 is 0.971 bits per heavy atom. The van der Waals surface area contributed by atoms with Gasteiger partial charge in [-0.3, -0.25) is 14.5 Å². The molecular weight excluding hydrogens is 450 g/mol. The van der Waals surface area contributed by atoms with Crippen LogP contribution in [0.5, 0.6) is 5.75 Å². The van der Waals surface area contributed by atoms with E-state index in [1.54, 1.807) is 0 Å². The van der Waals surface area contributed by atoms with E-state index in [2.05, 4.69) is 17.1 Å². The van der Waals surface area contributed by atoms with Crippen molar-refractivity contribution in [2.24, 2.45) is 0 Å². The lowest BCUT2D eigenvalue weighted by molar-refractivity contribution is -0.123. The summed E-state index contributed by atoms with van der Waals surface area (Å²) in [6.07, 6.45) is 6.71.